The Bertz CT molecular complexity index is 1240. The molecule has 146 valence electrons. The molecule has 0 radical (unpaired) electrons. The van der Waals surface area contributed by atoms with Gasteiger partial charge in [-0.2, -0.15) is 0 Å². The van der Waals surface area contributed by atoms with Crippen LogP contribution in [0, 0.1) is 0 Å². The molecule has 0 spiro atoms. The Morgan fingerprint density at radius 2 is 1.83 bits per heavy atom. The molecule has 0 amide bonds. The lowest BCUT2D eigenvalue weighted by molar-refractivity contribution is 0.911. The van der Waals surface area contributed by atoms with E-state index in [-0.39, 0.29) is 0 Å². The topological polar surface area (TPSA) is 84.3 Å². The Kier molecular flexibility index (Phi) is 5.39. The number of anilines is 1. The number of benzene rings is 2. The molecule has 3 heterocycles. The summed E-state index contributed by atoms with van der Waals surface area (Å²) >= 11 is 6.49. The van der Waals surface area contributed by atoms with Crippen LogP contribution in [0.15, 0.2) is 61.2 Å². The highest BCUT2D eigenvalue weighted by atomic mass is 35.5. The number of rotatable bonds is 4. The Morgan fingerprint density at radius 3 is 2.66 bits per heavy atom. The van der Waals surface area contributed by atoms with Gasteiger partial charge in [0.15, 0.2) is 11.5 Å². The first-order valence-corrected chi connectivity index (χ1v) is 9.78. The maximum Gasteiger partial charge on any atom is 0.182 e. The normalized spacial score (nSPS) is 10.7. The molecular formula is C21H20ClN7. The average molecular weight is 406 g/mol. The second-order valence-corrected chi connectivity index (χ2v) is 6.39. The van der Waals surface area contributed by atoms with E-state index in [4.69, 9.17) is 16.6 Å². The van der Waals surface area contributed by atoms with Gasteiger partial charge in [-0.05, 0) is 24.3 Å². The molecule has 0 aliphatic carbocycles. The number of imidazole rings is 2. The second kappa shape index (κ2) is 8.28. The standard InChI is InChI=1S/C19H14ClN7.C2H6/c20-13-7-4-8-14-17(13)27(12-5-2-1-3-6-12)15(26-14)9-21-18-16-19(23-10-22-16)25-11-24-18;1-2/h1-8,10-11H,9H2,(H2,21,22,23,24,25);1-2H3. The van der Waals surface area contributed by atoms with Crippen molar-refractivity contribution in [3.05, 3.63) is 72.0 Å². The number of aromatic amines is 1. The Morgan fingerprint density at radius 1 is 1.00 bits per heavy atom. The minimum Gasteiger partial charge on any atom is -0.361 e. The van der Waals surface area contributed by atoms with Gasteiger partial charge in [-0.25, -0.2) is 19.9 Å². The maximum atomic E-state index is 6.49. The van der Waals surface area contributed by atoms with Gasteiger partial charge < -0.3 is 10.3 Å². The molecule has 29 heavy (non-hydrogen) atoms. The fourth-order valence-corrected chi connectivity index (χ4v) is 3.42. The molecule has 0 fully saturated rings. The van der Waals surface area contributed by atoms with E-state index in [0.29, 0.717) is 23.0 Å². The summed E-state index contributed by atoms with van der Waals surface area (Å²) in [6.07, 6.45) is 3.09. The van der Waals surface area contributed by atoms with Crippen LogP contribution in [0.1, 0.15) is 19.7 Å². The van der Waals surface area contributed by atoms with Crippen molar-refractivity contribution < 1.29 is 0 Å². The van der Waals surface area contributed by atoms with Crippen LogP contribution in [-0.2, 0) is 6.54 Å². The minimum atomic E-state index is 0.463. The molecule has 0 unspecified atom stereocenters. The van der Waals surface area contributed by atoms with Crippen molar-refractivity contribution in [2.75, 3.05) is 5.32 Å². The molecule has 0 saturated carbocycles. The molecule has 8 heteroatoms. The lowest BCUT2D eigenvalue weighted by Crippen LogP contribution is -2.09. The SMILES string of the molecule is CC.Clc1cccc2nc(CNc3ncnc4nc[nH]c34)n(-c3ccccc3)c12. The number of para-hydroxylation sites is 2. The first-order chi connectivity index (χ1) is 14.3. The number of fused-ring (bicyclic) bond motifs is 2. The van der Waals surface area contributed by atoms with Gasteiger partial charge in [-0.1, -0.05) is 49.7 Å². The van der Waals surface area contributed by atoms with E-state index in [1.165, 1.54) is 6.33 Å². The number of halogens is 1. The largest absolute Gasteiger partial charge is 0.361 e. The van der Waals surface area contributed by atoms with Crippen molar-refractivity contribution in [1.82, 2.24) is 29.5 Å². The monoisotopic (exact) mass is 405 g/mol. The molecule has 0 aliphatic rings. The predicted octanol–water partition coefficient (Wildman–Crippen LogP) is 4.98. The fraction of sp³-hybridized carbons (Fsp3) is 0.143. The summed E-state index contributed by atoms with van der Waals surface area (Å²) < 4.78 is 2.07. The van der Waals surface area contributed by atoms with E-state index in [1.54, 1.807) is 6.33 Å². The van der Waals surface area contributed by atoms with Gasteiger partial charge in [0, 0.05) is 5.69 Å². The average Bonchev–Trinajstić information content (AvgIpc) is 3.40. The van der Waals surface area contributed by atoms with Crippen molar-refractivity contribution in [3.63, 3.8) is 0 Å². The minimum absolute atomic E-state index is 0.463. The van der Waals surface area contributed by atoms with Crippen molar-refractivity contribution in [2.45, 2.75) is 20.4 Å². The van der Waals surface area contributed by atoms with Crippen molar-refractivity contribution in [1.29, 1.82) is 0 Å². The number of H-pyrrole nitrogens is 1. The first kappa shape index (κ1) is 18.9. The summed E-state index contributed by atoms with van der Waals surface area (Å²) in [6.45, 7) is 4.46. The molecule has 3 aromatic heterocycles. The summed E-state index contributed by atoms with van der Waals surface area (Å²) in [5.41, 5.74) is 4.11. The van der Waals surface area contributed by atoms with Crippen LogP contribution in [0.25, 0.3) is 27.9 Å². The molecule has 7 nitrogen and oxygen atoms in total. The Hall–Kier alpha value is -3.45. The van der Waals surface area contributed by atoms with Gasteiger partial charge in [0.25, 0.3) is 0 Å². The van der Waals surface area contributed by atoms with Crippen LogP contribution in [0.3, 0.4) is 0 Å². The van der Waals surface area contributed by atoms with Crippen molar-refractivity contribution in [2.24, 2.45) is 0 Å². The molecule has 2 aromatic carbocycles. The third-order valence-electron chi connectivity index (χ3n) is 4.35. The fourth-order valence-electron chi connectivity index (χ4n) is 3.17. The summed E-state index contributed by atoms with van der Waals surface area (Å²) in [4.78, 5) is 20.4. The van der Waals surface area contributed by atoms with E-state index in [1.807, 2.05) is 62.4 Å². The third kappa shape index (κ3) is 3.52. The predicted molar refractivity (Wildman–Crippen MR) is 116 cm³/mol. The van der Waals surface area contributed by atoms with Gasteiger partial charge in [0.1, 0.15) is 17.7 Å². The zero-order chi connectivity index (χ0) is 20.2. The van der Waals surface area contributed by atoms with Gasteiger partial charge >= 0.3 is 0 Å². The van der Waals surface area contributed by atoms with E-state index in [0.717, 1.165) is 28.1 Å². The number of nitrogens with one attached hydrogen (secondary N) is 2. The number of hydrogen-bond donors (Lipinski definition) is 2. The first-order valence-electron chi connectivity index (χ1n) is 9.40. The van der Waals surface area contributed by atoms with E-state index >= 15 is 0 Å². The summed E-state index contributed by atoms with van der Waals surface area (Å²) in [6, 6.07) is 15.8. The lowest BCUT2D eigenvalue weighted by Gasteiger charge is -2.11. The lowest BCUT2D eigenvalue weighted by atomic mass is 10.2. The zero-order valence-corrected chi connectivity index (χ0v) is 16.9. The smallest absolute Gasteiger partial charge is 0.182 e. The second-order valence-electron chi connectivity index (χ2n) is 5.98. The molecule has 5 rings (SSSR count). The van der Waals surface area contributed by atoms with E-state index in [2.05, 4.69) is 29.8 Å². The van der Waals surface area contributed by atoms with Crippen LogP contribution in [0.2, 0.25) is 5.02 Å². The zero-order valence-electron chi connectivity index (χ0n) is 16.1. The summed E-state index contributed by atoms with van der Waals surface area (Å²) in [5, 5.41) is 3.99. The van der Waals surface area contributed by atoms with Crippen molar-refractivity contribution in [3.8, 4) is 5.69 Å². The highest BCUT2D eigenvalue weighted by molar-refractivity contribution is 6.35. The number of nitrogens with zero attached hydrogens (tertiary/aromatic N) is 5. The Labute approximate surface area is 172 Å². The molecule has 0 bridgehead atoms. The Balaban J connectivity index is 0.000000994. The van der Waals surface area contributed by atoms with Gasteiger partial charge in [0.2, 0.25) is 0 Å². The van der Waals surface area contributed by atoms with Gasteiger partial charge in [0.05, 0.1) is 28.9 Å². The van der Waals surface area contributed by atoms with E-state index < -0.39 is 0 Å². The van der Waals surface area contributed by atoms with Crippen LogP contribution >= 0.6 is 11.6 Å². The van der Waals surface area contributed by atoms with Crippen LogP contribution in [0.5, 0.6) is 0 Å². The maximum absolute atomic E-state index is 6.49. The van der Waals surface area contributed by atoms with Gasteiger partial charge in [-0.15, -0.1) is 0 Å². The quantitative estimate of drug-likeness (QED) is 0.440. The number of hydrogen-bond acceptors (Lipinski definition) is 5. The third-order valence-corrected chi connectivity index (χ3v) is 4.65. The highest BCUT2D eigenvalue weighted by Crippen LogP contribution is 2.28. The molecule has 5 aromatic rings. The number of aromatic nitrogens is 6. The van der Waals surface area contributed by atoms with E-state index in [9.17, 15) is 0 Å². The molecule has 2 N–H and O–H groups in total. The van der Waals surface area contributed by atoms with Crippen LogP contribution in [-0.4, -0.2) is 29.5 Å². The van der Waals surface area contributed by atoms with Crippen LogP contribution < -0.4 is 5.32 Å². The molecule has 0 atom stereocenters. The molecule has 0 saturated heterocycles. The molecule has 0 aliphatic heterocycles. The highest BCUT2D eigenvalue weighted by Gasteiger charge is 2.15. The van der Waals surface area contributed by atoms with Gasteiger partial charge in [-0.3, -0.25) is 4.57 Å². The summed E-state index contributed by atoms with van der Waals surface area (Å²) in [5.74, 6) is 1.51. The van der Waals surface area contributed by atoms with Crippen LogP contribution in [0.4, 0.5) is 5.82 Å². The molecular weight excluding hydrogens is 386 g/mol. The summed E-state index contributed by atoms with van der Waals surface area (Å²) in [7, 11) is 0. The van der Waals surface area contributed by atoms with Crippen molar-refractivity contribution >= 4 is 39.6 Å².